The molecule has 1 aromatic heterocycles. The van der Waals surface area contributed by atoms with Gasteiger partial charge in [0.25, 0.3) is 11.7 Å². The van der Waals surface area contributed by atoms with E-state index < -0.39 is 17.7 Å². The number of ether oxygens (including phenoxy) is 2. The predicted octanol–water partition coefficient (Wildman–Crippen LogP) is 0.965. The first-order valence-corrected chi connectivity index (χ1v) is 9.48. The highest BCUT2D eigenvalue weighted by atomic mass is 16.7. The average molecular weight is 399 g/mol. The summed E-state index contributed by atoms with van der Waals surface area (Å²) in [5.41, 5.74) is 0.391. The number of fused-ring (bicyclic) bond motifs is 1. The molecule has 2 aromatic rings. The summed E-state index contributed by atoms with van der Waals surface area (Å²) in [4.78, 5) is 28.3. The van der Waals surface area contributed by atoms with Gasteiger partial charge in [0, 0.05) is 18.5 Å². The number of aliphatic hydroxyl groups excluding tert-OH is 1. The summed E-state index contributed by atoms with van der Waals surface area (Å²) >= 11 is 0. The fourth-order valence-corrected chi connectivity index (χ4v) is 3.66. The third kappa shape index (κ3) is 3.47. The molecule has 0 saturated carbocycles. The molecular formula is C21H23N2O6+. The third-order valence-corrected chi connectivity index (χ3v) is 5.07. The molecular weight excluding hydrogens is 376 g/mol. The highest BCUT2D eigenvalue weighted by Gasteiger charge is 2.47. The van der Waals surface area contributed by atoms with E-state index in [1.807, 2.05) is 14.1 Å². The van der Waals surface area contributed by atoms with Crippen LogP contribution >= 0.6 is 0 Å². The fourth-order valence-electron chi connectivity index (χ4n) is 3.66. The summed E-state index contributed by atoms with van der Waals surface area (Å²) in [5.74, 6) is -0.142. The topological polar surface area (TPSA) is 93.7 Å². The Labute approximate surface area is 167 Å². The molecule has 0 spiro atoms. The van der Waals surface area contributed by atoms with E-state index in [0.717, 1.165) is 13.0 Å². The van der Waals surface area contributed by atoms with Crippen LogP contribution in [0.4, 0.5) is 0 Å². The van der Waals surface area contributed by atoms with Crippen LogP contribution in [0.5, 0.6) is 11.5 Å². The van der Waals surface area contributed by atoms with Crippen LogP contribution in [-0.4, -0.2) is 55.7 Å². The first-order valence-electron chi connectivity index (χ1n) is 9.48. The Bertz CT molecular complexity index is 964. The number of carbonyl (C=O) groups excluding carboxylic acids is 2. The van der Waals surface area contributed by atoms with Gasteiger partial charge in [-0.2, -0.15) is 0 Å². The summed E-state index contributed by atoms with van der Waals surface area (Å²) < 4.78 is 16.2. The molecule has 2 aliphatic heterocycles. The summed E-state index contributed by atoms with van der Waals surface area (Å²) in [7, 11) is 4.05. The lowest BCUT2D eigenvalue weighted by molar-refractivity contribution is -0.858. The molecule has 8 nitrogen and oxygen atoms in total. The second-order valence-electron chi connectivity index (χ2n) is 7.39. The van der Waals surface area contributed by atoms with Crippen molar-refractivity contribution < 1.29 is 33.5 Å². The molecule has 3 heterocycles. The number of benzene rings is 1. The van der Waals surface area contributed by atoms with E-state index in [4.69, 9.17) is 13.9 Å². The second-order valence-corrected chi connectivity index (χ2v) is 7.39. The maximum absolute atomic E-state index is 12.9. The molecule has 1 atom stereocenters. The standard InChI is InChI=1S/C21H22N2O6/c1-22(2)8-4-9-23-18(15-5-3-10-27-15)17(20(25)21(23)26)19(24)13-6-7-14-16(11-13)29-12-28-14/h3,5-7,10-11,18,24H,4,8-9,12H2,1-2H3/p+1. The number of rotatable bonds is 6. The normalized spacial score (nSPS) is 20.1. The Morgan fingerprint density at radius 2 is 2.00 bits per heavy atom. The zero-order valence-corrected chi connectivity index (χ0v) is 16.3. The molecule has 2 N–H and O–H groups in total. The van der Waals surface area contributed by atoms with Gasteiger partial charge in [-0.3, -0.25) is 9.59 Å². The number of carbonyl (C=O) groups is 2. The van der Waals surface area contributed by atoms with Crippen molar-refractivity contribution in [2.75, 3.05) is 34.0 Å². The Balaban J connectivity index is 1.74. The number of aliphatic hydroxyl groups is 1. The van der Waals surface area contributed by atoms with Crippen molar-refractivity contribution in [1.82, 2.24) is 4.90 Å². The van der Waals surface area contributed by atoms with Crippen LogP contribution in [0, 0.1) is 0 Å². The smallest absolute Gasteiger partial charge is 0.295 e. The largest absolute Gasteiger partial charge is 0.507 e. The molecule has 1 saturated heterocycles. The molecule has 0 bridgehead atoms. The van der Waals surface area contributed by atoms with E-state index in [1.165, 1.54) is 16.1 Å². The molecule has 0 aliphatic carbocycles. The fraction of sp³-hybridized carbons (Fsp3) is 0.333. The first kappa shape index (κ1) is 19.1. The number of ketones is 1. The Morgan fingerprint density at radius 3 is 2.72 bits per heavy atom. The van der Waals surface area contributed by atoms with Crippen LogP contribution < -0.4 is 14.4 Å². The highest BCUT2D eigenvalue weighted by Crippen LogP contribution is 2.41. The maximum Gasteiger partial charge on any atom is 0.295 e. The minimum atomic E-state index is -0.771. The lowest BCUT2D eigenvalue weighted by Gasteiger charge is -2.23. The van der Waals surface area contributed by atoms with Crippen molar-refractivity contribution in [3.63, 3.8) is 0 Å². The van der Waals surface area contributed by atoms with Gasteiger partial charge in [-0.15, -0.1) is 0 Å². The zero-order valence-electron chi connectivity index (χ0n) is 16.3. The van der Waals surface area contributed by atoms with Gasteiger partial charge in [-0.1, -0.05) is 0 Å². The minimum absolute atomic E-state index is 0.0148. The van der Waals surface area contributed by atoms with Crippen LogP contribution in [0.3, 0.4) is 0 Å². The van der Waals surface area contributed by atoms with Crippen molar-refractivity contribution in [2.45, 2.75) is 12.5 Å². The minimum Gasteiger partial charge on any atom is -0.507 e. The SMILES string of the molecule is C[NH+](C)CCCN1C(=O)C(=O)C(=C(O)c2ccc3c(c2)OCO3)C1c1ccco1. The summed E-state index contributed by atoms with van der Waals surface area (Å²) in [6.45, 7) is 1.33. The van der Waals surface area contributed by atoms with Gasteiger partial charge < -0.3 is 28.8 Å². The van der Waals surface area contributed by atoms with E-state index in [2.05, 4.69) is 0 Å². The third-order valence-electron chi connectivity index (χ3n) is 5.07. The van der Waals surface area contributed by atoms with Gasteiger partial charge in [-0.25, -0.2) is 0 Å². The van der Waals surface area contributed by atoms with Crippen LogP contribution in [0.25, 0.3) is 5.76 Å². The molecule has 2 aliphatic rings. The summed E-state index contributed by atoms with van der Waals surface area (Å²) in [5, 5.41) is 11.0. The van der Waals surface area contributed by atoms with Gasteiger partial charge in [0.2, 0.25) is 6.79 Å². The van der Waals surface area contributed by atoms with E-state index >= 15 is 0 Å². The number of furan rings is 1. The first-order chi connectivity index (χ1) is 14.0. The lowest BCUT2D eigenvalue weighted by atomic mass is 9.99. The molecule has 1 aromatic carbocycles. The Hall–Kier alpha value is -3.26. The van der Waals surface area contributed by atoms with Gasteiger partial charge in [-0.05, 0) is 30.3 Å². The Morgan fingerprint density at radius 1 is 1.21 bits per heavy atom. The highest BCUT2D eigenvalue weighted by molar-refractivity contribution is 6.46. The summed E-state index contributed by atoms with van der Waals surface area (Å²) in [6, 6.07) is 7.51. The molecule has 152 valence electrons. The second kappa shape index (κ2) is 7.63. The number of quaternary nitrogens is 1. The number of hydrogen-bond donors (Lipinski definition) is 2. The van der Waals surface area contributed by atoms with Crippen LogP contribution in [0.2, 0.25) is 0 Å². The average Bonchev–Trinajstić information content (AvgIpc) is 3.43. The number of hydrogen-bond acceptors (Lipinski definition) is 6. The van der Waals surface area contributed by atoms with Crippen molar-refractivity contribution in [1.29, 1.82) is 0 Å². The van der Waals surface area contributed by atoms with E-state index in [9.17, 15) is 14.7 Å². The van der Waals surface area contributed by atoms with Crippen molar-refractivity contribution >= 4 is 17.4 Å². The van der Waals surface area contributed by atoms with Gasteiger partial charge in [0.1, 0.15) is 17.6 Å². The number of likely N-dealkylation sites (tertiary alicyclic amines) is 1. The molecule has 29 heavy (non-hydrogen) atoms. The zero-order chi connectivity index (χ0) is 20.5. The molecule has 1 fully saturated rings. The van der Waals surface area contributed by atoms with Crippen molar-refractivity contribution in [3.8, 4) is 11.5 Å². The van der Waals surface area contributed by atoms with Gasteiger partial charge in [0.05, 0.1) is 32.5 Å². The number of amides is 1. The van der Waals surface area contributed by atoms with E-state index in [1.54, 1.807) is 30.3 Å². The molecule has 0 radical (unpaired) electrons. The van der Waals surface area contributed by atoms with Crippen molar-refractivity contribution in [3.05, 3.63) is 53.5 Å². The van der Waals surface area contributed by atoms with Crippen LogP contribution in [0.1, 0.15) is 23.8 Å². The predicted molar refractivity (Wildman–Crippen MR) is 103 cm³/mol. The van der Waals surface area contributed by atoms with E-state index in [0.29, 0.717) is 29.4 Å². The van der Waals surface area contributed by atoms with Crippen LogP contribution in [0.15, 0.2) is 46.6 Å². The molecule has 8 heteroatoms. The number of nitrogens with one attached hydrogen (secondary N) is 1. The molecule has 1 amide bonds. The quantitative estimate of drug-likeness (QED) is 0.427. The van der Waals surface area contributed by atoms with Crippen LogP contribution in [-0.2, 0) is 9.59 Å². The monoisotopic (exact) mass is 399 g/mol. The maximum atomic E-state index is 12.9. The number of Topliss-reactive ketones (excluding diaryl/α,β-unsaturated/α-hetero) is 1. The van der Waals surface area contributed by atoms with E-state index in [-0.39, 0.29) is 18.1 Å². The van der Waals surface area contributed by atoms with Gasteiger partial charge in [0.15, 0.2) is 11.5 Å². The summed E-state index contributed by atoms with van der Waals surface area (Å²) in [6.07, 6.45) is 2.20. The lowest BCUT2D eigenvalue weighted by Crippen LogP contribution is -3.05. The number of nitrogens with zero attached hydrogens (tertiary/aromatic N) is 1. The van der Waals surface area contributed by atoms with Gasteiger partial charge >= 0.3 is 0 Å². The molecule has 4 rings (SSSR count). The Kier molecular flexibility index (Phi) is 5.02. The van der Waals surface area contributed by atoms with Crippen molar-refractivity contribution in [2.24, 2.45) is 0 Å². The molecule has 1 unspecified atom stereocenters.